The largest absolute Gasteiger partial charge is 0.311 e. The summed E-state index contributed by atoms with van der Waals surface area (Å²) >= 11 is 0. The molecule has 1 aliphatic rings. The number of aryl methyl sites for hydroxylation is 1. The summed E-state index contributed by atoms with van der Waals surface area (Å²) in [5.74, 6) is 0.432. The average molecular weight is 314 g/mol. The molecule has 2 rings (SSSR count). The molecule has 0 saturated heterocycles. The minimum atomic E-state index is -3.56. The summed E-state index contributed by atoms with van der Waals surface area (Å²) in [6.45, 7) is 9.01. The van der Waals surface area contributed by atoms with Crippen molar-refractivity contribution in [3.63, 3.8) is 0 Å². The van der Waals surface area contributed by atoms with Crippen molar-refractivity contribution in [3.05, 3.63) is 11.4 Å². The fraction of sp³-hybridized carbons (Fsp3) is 0.786. The second kappa shape index (κ2) is 6.06. The van der Waals surface area contributed by atoms with Gasteiger partial charge in [-0.05, 0) is 52.5 Å². The Balaban J connectivity index is 2.20. The lowest BCUT2D eigenvalue weighted by Gasteiger charge is -2.25. The second-order valence-electron chi connectivity index (χ2n) is 6.40. The molecule has 1 heterocycles. The lowest BCUT2D eigenvalue weighted by molar-refractivity contribution is 0.400. The molecule has 0 bridgehead atoms. The smallest absolute Gasteiger partial charge is 0.244 e. The van der Waals surface area contributed by atoms with Crippen LogP contribution >= 0.6 is 0 Å². The molecule has 0 aromatic carbocycles. The SMILES string of the molecule is CCCNCc1n[nH]c(C)c1S(=O)(=O)NC(C)(C)C1CC1. The molecule has 0 radical (unpaired) electrons. The third-order valence-electron chi connectivity index (χ3n) is 3.94. The zero-order valence-corrected chi connectivity index (χ0v) is 14.1. The molecule has 1 fully saturated rings. The van der Waals surface area contributed by atoms with E-state index in [4.69, 9.17) is 0 Å². The molecule has 0 aliphatic heterocycles. The van der Waals surface area contributed by atoms with Crippen LogP contribution in [0.3, 0.4) is 0 Å². The van der Waals surface area contributed by atoms with Gasteiger partial charge in [0.25, 0.3) is 0 Å². The maximum atomic E-state index is 12.7. The molecule has 1 aromatic heterocycles. The van der Waals surface area contributed by atoms with Crippen molar-refractivity contribution in [3.8, 4) is 0 Å². The summed E-state index contributed by atoms with van der Waals surface area (Å²) in [7, 11) is -3.56. The Bertz CT molecular complexity index is 588. The first-order valence-electron chi connectivity index (χ1n) is 7.56. The fourth-order valence-electron chi connectivity index (χ4n) is 2.62. The summed E-state index contributed by atoms with van der Waals surface area (Å²) in [6.07, 6.45) is 3.17. The van der Waals surface area contributed by atoms with Gasteiger partial charge in [0.1, 0.15) is 4.90 Å². The van der Waals surface area contributed by atoms with Crippen LogP contribution in [0, 0.1) is 12.8 Å². The van der Waals surface area contributed by atoms with E-state index in [1.54, 1.807) is 6.92 Å². The Labute approximate surface area is 127 Å². The molecule has 1 saturated carbocycles. The zero-order chi connectivity index (χ0) is 15.7. The number of hydrogen-bond acceptors (Lipinski definition) is 4. The highest BCUT2D eigenvalue weighted by molar-refractivity contribution is 7.89. The van der Waals surface area contributed by atoms with Crippen molar-refractivity contribution < 1.29 is 8.42 Å². The van der Waals surface area contributed by atoms with Crippen LogP contribution in [0.1, 0.15) is 51.4 Å². The van der Waals surface area contributed by atoms with Gasteiger partial charge in [-0.25, -0.2) is 13.1 Å². The Kier molecular flexibility index (Phi) is 4.75. The van der Waals surface area contributed by atoms with Gasteiger partial charge in [-0.2, -0.15) is 5.10 Å². The van der Waals surface area contributed by atoms with Crippen molar-refractivity contribution in [1.29, 1.82) is 0 Å². The second-order valence-corrected chi connectivity index (χ2v) is 8.02. The number of nitrogens with zero attached hydrogens (tertiary/aromatic N) is 1. The highest BCUT2D eigenvalue weighted by Crippen LogP contribution is 2.40. The minimum Gasteiger partial charge on any atom is -0.311 e. The Morgan fingerprint density at radius 1 is 1.38 bits per heavy atom. The predicted molar refractivity (Wildman–Crippen MR) is 82.4 cm³/mol. The van der Waals surface area contributed by atoms with Crippen molar-refractivity contribution in [2.24, 2.45) is 5.92 Å². The van der Waals surface area contributed by atoms with Crippen LogP contribution in [-0.2, 0) is 16.6 Å². The van der Waals surface area contributed by atoms with Gasteiger partial charge in [0.2, 0.25) is 10.0 Å². The molecular formula is C14H26N4O2S. The fourth-order valence-corrected chi connectivity index (χ4v) is 4.45. The van der Waals surface area contributed by atoms with Crippen molar-refractivity contribution in [1.82, 2.24) is 20.2 Å². The van der Waals surface area contributed by atoms with E-state index in [1.165, 1.54) is 0 Å². The average Bonchev–Trinajstić information content (AvgIpc) is 3.14. The van der Waals surface area contributed by atoms with E-state index < -0.39 is 15.6 Å². The van der Waals surface area contributed by atoms with E-state index in [2.05, 4.69) is 27.2 Å². The summed E-state index contributed by atoms with van der Waals surface area (Å²) < 4.78 is 28.3. The third kappa shape index (κ3) is 3.84. The lowest BCUT2D eigenvalue weighted by atomic mass is 10.0. The normalized spacial score (nSPS) is 16.4. The maximum Gasteiger partial charge on any atom is 0.244 e. The van der Waals surface area contributed by atoms with Crippen molar-refractivity contribution >= 4 is 10.0 Å². The topological polar surface area (TPSA) is 86.9 Å². The van der Waals surface area contributed by atoms with Gasteiger partial charge in [-0.15, -0.1) is 0 Å². The van der Waals surface area contributed by atoms with Crippen LogP contribution in [0.15, 0.2) is 4.90 Å². The van der Waals surface area contributed by atoms with Gasteiger partial charge in [0, 0.05) is 12.1 Å². The summed E-state index contributed by atoms with van der Waals surface area (Å²) in [5, 5.41) is 10.1. The Hall–Kier alpha value is -0.920. The molecule has 0 atom stereocenters. The quantitative estimate of drug-likeness (QED) is 0.637. The molecule has 1 aromatic rings. The maximum absolute atomic E-state index is 12.7. The molecule has 1 aliphatic carbocycles. The van der Waals surface area contributed by atoms with E-state index in [1.807, 2.05) is 13.8 Å². The number of sulfonamides is 1. The number of nitrogens with one attached hydrogen (secondary N) is 3. The minimum absolute atomic E-state index is 0.292. The van der Waals surface area contributed by atoms with Crippen LogP contribution < -0.4 is 10.0 Å². The van der Waals surface area contributed by atoms with Gasteiger partial charge in [-0.1, -0.05) is 6.92 Å². The van der Waals surface area contributed by atoms with Crippen LogP contribution in [0.25, 0.3) is 0 Å². The number of aromatic amines is 1. The first kappa shape index (κ1) is 16.5. The standard InChI is InChI=1S/C14H26N4O2S/c1-5-8-15-9-12-13(10(2)16-17-12)21(19,20)18-14(3,4)11-6-7-11/h11,15,18H,5-9H2,1-4H3,(H,16,17). The first-order chi connectivity index (χ1) is 9.78. The summed E-state index contributed by atoms with van der Waals surface area (Å²) in [4.78, 5) is 0.292. The van der Waals surface area contributed by atoms with Gasteiger partial charge in [-0.3, -0.25) is 5.10 Å². The van der Waals surface area contributed by atoms with Gasteiger partial charge < -0.3 is 5.32 Å². The molecule has 7 heteroatoms. The Morgan fingerprint density at radius 2 is 2.05 bits per heavy atom. The number of H-pyrrole nitrogens is 1. The third-order valence-corrected chi connectivity index (χ3v) is 5.82. The van der Waals surface area contributed by atoms with E-state index in [9.17, 15) is 8.42 Å². The highest BCUT2D eigenvalue weighted by atomic mass is 32.2. The van der Waals surface area contributed by atoms with E-state index in [0.29, 0.717) is 28.7 Å². The van der Waals surface area contributed by atoms with Crippen LogP contribution in [0.4, 0.5) is 0 Å². The van der Waals surface area contributed by atoms with Gasteiger partial charge in [0.05, 0.1) is 11.4 Å². The highest BCUT2D eigenvalue weighted by Gasteiger charge is 2.41. The molecular weight excluding hydrogens is 288 g/mol. The summed E-state index contributed by atoms with van der Waals surface area (Å²) in [5.41, 5.74) is 0.735. The summed E-state index contributed by atoms with van der Waals surface area (Å²) in [6, 6.07) is 0. The van der Waals surface area contributed by atoms with Gasteiger partial charge in [0.15, 0.2) is 0 Å². The lowest BCUT2D eigenvalue weighted by Crippen LogP contribution is -2.45. The number of aromatic nitrogens is 2. The van der Waals surface area contributed by atoms with Gasteiger partial charge >= 0.3 is 0 Å². The van der Waals surface area contributed by atoms with Crippen LogP contribution in [0.2, 0.25) is 0 Å². The Morgan fingerprint density at radius 3 is 2.62 bits per heavy atom. The van der Waals surface area contributed by atoms with E-state index in [-0.39, 0.29) is 0 Å². The molecule has 6 nitrogen and oxygen atoms in total. The molecule has 120 valence electrons. The van der Waals surface area contributed by atoms with Crippen molar-refractivity contribution in [2.75, 3.05) is 6.54 Å². The molecule has 0 spiro atoms. The van der Waals surface area contributed by atoms with E-state index in [0.717, 1.165) is 25.8 Å². The van der Waals surface area contributed by atoms with Crippen molar-refractivity contribution in [2.45, 2.75) is 63.9 Å². The number of rotatable bonds is 8. The van der Waals surface area contributed by atoms with E-state index >= 15 is 0 Å². The monoisotopic (exact) mass is 314 g/mol. The predicted octanol–water partition coefficient (Wildman–Crippen LogP) is 1.68. The molecule has 0 amide bonds. The van der Waals surface area contributed by atoms with Crippen LogP contribution in [0.5, 0.6) is 0 Å². The van der Waals surface area contributed by atoms with Crippen LogP contribution in [-0.4, -0.2) is 30.7 Å². The number of hydrogen-bond donors (Lipinski definition) is 3. The first-order valence-corrected chi connectivity index (χ1v) is 9.04. The molecule has 3 N–H and O–H groups in total. The zero-order valence-electron chi connectivity index (χ0n) is 13.3. The molecule has 21 heavy (non-hydrogen) atoms. The molecule has 0 unspecified atom stereocenters.